The lowest BCUT2D eigenvalue weighted by atomic mass is 10.0. The van der Waals surface area contributed by atoms with Gasteiger partial charge in [-0.1, -0.05) is 84.4 Å². The Bertz CT molecular complexity index is 132. The normalized spacial score (nSPS) is 14.2. The lowest BCUT2D eigenvalue weighted by Crippen LogP contribution is -2.24. The second kappa shape index (κ2) is 8.38. The fraction of sp³-hybridized carbons (Fsp3) is 1.00. The number of hydrogen-bond acceptors (Lipinski definition) is 0. The number of unbranched alkanes of at least 4 members (excludes halogenated alkanes) is 1. The third-order valence-corrected chi connectivity index (χ3v) is 7.57. The highest BCUT2D eigenvalue weighted by atomic mass is 28.3. The highest BCUT2D eigenvalue weighted by Crippen LogP contribution is 2.30. The molecular weight excluding hydrogens is 196 g/mol. The van der Waals surface area contributed by atoms with E-state index < -0.39 is 0 Å². The van der Waals surface area contributed by atoms with Gasteiger partial charge in [0.1, 0.15) is 0 Å². The van der Waals surface area contributed by atoms with Crippen LogP contribution in [0.5, 0.6) is 0 Å². The molecule has 0 bridgehead atoms. The van der Waals surface area contributed by atoms with Crippen LogP contribution in [0.25, 0.3) is 0 Å². The van der Waals surface area contributed by atoms with Gasteiger partial charge in [0.15, 0.2) is 0 Å². The molecule has 0 fully saturated rings. The first kappa shape index (κ1) is 15.2. The molecule has 0 nitrogen and oxygen atoms in total. The largest absolute Gasteiger partial charge is 0.0654 e. The van der Waals surface area contributed by atoms with Crippen LogP contribution in [0.1, 0.15) is 67.2 Å². The van der Waals surface area contributed by atoms with E-state index in [0.29, 0.717) is 0 Å². The molecule has 1 unspecified atom stereocenters. The van der Waals surface area contributed by atoms with Crippen molar-refractivity contribution >= 4 is 8.80 Å². The Labute approximate surface area is 99.5 Å². The van der Waals surface area contributed by atoms with Gasteiger partial charge in [0.05, 0.1) is 8.80 Å². The SMILES string of the molecule is CCCCC(CC)C[Si](C(C)C)C(C)C. The molecule has 1 radical (unpaired) electrons. The molecule has 0 amide bonds. The van der Waals surface area contributed by atoms with E-state index in [1.54, 1.807) is 6.04 Å². The van der Waals surface area contributed by atoms with E-state index in [-0.39, 0.29) is 8.80 Å². The molecule has 1 heteroatoms. The van der Waals surface area contributed by atoms with Crippen LogP contribution in [0.15, 0.2) is 0 Å². The van der Waals surface area contributed by atoms with Gasteiger partial charge in [0, 0.05) is 0 Å². The summed E-state index contributed by atoms with van der Waals surface area (Å²) in [5.74, 6) is 1.02. The molecule has 0 aromatic carbocycles. The summed E-state index contributed by atoms with van der Waals surface area (Å²) in [4.78, 5) is 0. The minimum absolute atomic E-state index is 0.119. The smallest absolute Gasteiger partial charge is 0.0537 e. The van der Waals surface area contributed by atoms with Crippen LogP contribution in [-0.2, 0) is 0 Å². The van der Waals surface area contributed by atoms with Crippen molar-refractivity contribution in [3.8, 4) is 0 Å². The van der Waals surface area contributed by atoms with Crippen LogP contribution in [-0.4, -0.2) is 8.80 Å². The molecule has 0 aliphatic rings. The molecule has 0 aliphatic heterocycles. The monoisotopic (exact) mass is 227 g/mol. The zero-order valence-electron chi connectivity index (χ0n) is 11.8. The summed E-state index contributed by atoms with van der Waals surface area (Å²) in [6.07, 6.45) is 5.67. The fourth-order valence-corrected chi connectivity index (χ4v) is 5.85. The van der Waals surface area contributed by atoms with Gasteiger partial charge < -0.3 is 0 Å². The Kier molecular flexibility index (Phi) is 8.50. The highest BCUT2D eigenvalue weighted by Gasteiger charge is 2.22. The quantitative estimate of drug-likeness (QED) is 0.479. The van der Waals surface area contributed by atoms with E-state index >= 15 is 0 Å². The van der Waals surface area contributed by atoms with Crippen molar-refractivity contribution in [2.75, 3.05) is 0 Å². The van der Waals surface area contributed by atoms with Crippen molar-refractivity contribution in [3.63, 3.8) is 0 Å². The van der Waals surface area contributed by atoms with Crippen LogP contribution in [0.4, 0.5) is 0 Å². The van der Waals surface area contributed by atoms with E-state index in [9.17, 15) is 0 Å². The zero-order chi connectivity index (χ0) is 11.8. The van der Waals surface area contributed by atoms with Gasteiger partial charge in [-0.3, -0.25) is 0 Å². The first-order valence-corrected chi connectivity index (χ1v) is 8.74. The van der Waals surface area contributed by atoms with Crippen LogP contribution < -0.4 is 0 Å². The van der Waals surface area contributed by atoms with Crippen molar-refractivity contribution in [1.82, 2.24) is 0 Å². The molecule has 0 saturated carbocycles. The van der Waals surface area contributed by atoms with Crippen LogP contribution >= 0.6 is 0 Å². The topological polar surface area (TPSA) is 0 Å². The Balaban J connectivity index is 4.10. The van der Waals surface area contributed by atoms with Crippen molar-refractivity contribution in [2.24, 2.45) is 5.92 Å². The minimum atomic E-state index is -0.119. The summed E-state index contributed by atoms with van der Waals surface area (Å²) in [6.45, 7) is 14.4. The van der Waals surface area contributed by atoms with E-state index in [0.717, 1.165) is 17.0 Å². The van der Waals surface area contributed by atoms with Crippen LogP contribution in [0.2, 0.25) is 17.1 Å². The van der Waals surface area contributed by atoms with E-state index in [4.69, 9.17) is 0 Å². The maximum atomic E-state index is 2.43. The van der Waals surface area contributed by atoms with Gasteiger partial charge in [0.25, 0.3) is 0 Å². The predicted octanol–water partition coefficient (Wildman–Crippen LogP) is 5.52. The summed E-state index contributed by atoms with van der Waals surface area (Å²) >= 11 is 0. The Morgan fingerprint density at radius 3 is 1.80 bits per heavy atom. The lowest BCUT2D eigenvalue weighted by Gasteiger charge is -2.27. The maximum absolute atomic E-state index is 2.43. The molecular formula is C14H31Si. The molecule has 0 heterocycles. The Hall–Kier alpha value is 0.217. The van der Waals surface area contributed by atoms with Gasteiger partial charge in [0.2, 0.25) is 0 Å². The third kappa shape index (κ3) is 6.39. The van der Waals surface area contributed by atoms with E-state index in [1.165, 1.54) is 25.7 Å². The Morgan fingerprint density at radius 1 is 0.933 bits per heavy atom. The van der Waals surface area contributed by atoms with Gasteiger partial charge in [-0.05, 0) is 5.92 Å². The van der Waals surface area contributed by atoms with Gasteiger partial charge in [-0.15, -0.1) is 0 Å². The molecule has 0 N–H and O–H groups in total. The standard InChI is InChI=1S/C14H31Si/c1-7-9-10-14(8-2)11-15(12(3)4)13(5)6/h12-14H,7-11H2,1-6H3. The third-order valence-electron chi connectivity index (χ3n) is 3.55. The number of rotatable bonds is 8. The van der Waals surface area contributed by atoms with Gasteiger partial charge in [-0.25, -0.2) is 0 Å². The summed E-state index contributed by atoms with van der Waals surface area (Å²) in [5, 5.41) is 0. The molecule has 15 heavy (non-hydrogen) atoms. The zero-order valence-corrected chi connectivity index (χ0v) is 12.8. The molecule has 0 aromatic heterocycles. The van der Waals surface area contributed by atoms with E-state index in [2.05, 4.69) is 41.5 Å². The molecule has 0 spiro atoms. The Morgan fingerprint density at radius 2 is 1.47 bits per heavy atom. The van der Waals surface area contributed by atoms with Crippen molar-refractivity contribution in [1.29, 1.82) is 0 Å². The van der Waals surface area contributed by atoms with Crippen molar-refractivity contribution in [2.45, 2.75) is 84.4 Å². The number of hydrogen-bond donors (Lipinski definition) is 0. The molecule has 91 valence electrons. The maximum Gasteiger partial charge on any atom is 0.0537 e. The van der Waals surface area contributed by atoms with Crippen LogP contribution in [0, 0.1) is 5.92 Å². The highest BCUT2D eigenvalue weighted by molar-refractivity contribution is 6.61. The van der Waals surface area contributed by atoms with E-state index in [1.807, 2.05) is 0 Å². The van der Waals surface area contributed by atoms with Gasteiger partial charge in [-0.2, -0.15) is 0 Å². The summed E-state index contributed by atoms with van der Waals surface area (Å²) in [6, 6.07) is 1.55. The minimum Gasteiger partial charge on any atom is -0.0654 e. The molecule has 1 atom stereocenters. The van der Waals surface area contributed by atoms with Crippen molar-refractivity contribution < 1.29 is 0 Å². The van der Waals surface area contributed by atoms with Crippen molar-refractivity contribution in [3.05, 3.63) is 0 Å². The average molecular weight is 227 g/mol. The first-order valence-electron chi connectivity index (χ1n) is 6.88. The molecule has 0 aromatic rings. The molecule has 0 aliphatic carbocycles. The second-order valence-corrected chi connectivity index (χ2v) is 9.37. The molecule has 0 saturated heterocycles. The summed E-state index contributed by atoms with van der Waals surface area (Å²) in [7, 11) is -0.119. The summed E-state index contributed by atoms with van der Waals surface area (Å²) < 4.78 is 0. The second-order valence-electron chi connectivity index (χ2n) is 5.50. The van der Waals surface area contributed by atoms with Crippen LogP contribution in [0.3, 0.4) is 0 Å². The average Bonchev–Trinajstić information content (AvgIpc) is 2.17. The first-order chi connectivity index (χ1) is 7.02. The lowest BCUT2D eigenvalue weighted by molar-refractivity contribution is 0.484. The fourth-order valence-electron chi connectivity index (χ4n) is 2.41. The predicted molar refractivity (Wildman–Crippen MR) is 74.1 cm³/mol. The molecule has 0 rings (SSSR count). The van der Waals surface area contributed by atoms with Gasteiger partial charge >= 0.3 is 0 Å². The summed E-state index contributed by atoms with van der Waals surface area (Å²) in [5.41, 5.74) is 1.90.